The Labute approximate surface area is 143 Å². The Kier molecular flexibility index (Phi) is 3.23. The minimum absolute atomic E-state index is 0.00349. The summed E-state index contributed by atoms with van der Waals surface area (Å²) in [5, 5.41) is 18.7. The van der Waals surface area contributed by atoms with Crippen LogP contribution >= 0.6 is 0 Å². The zero-order chi connectivity index (χ0) is 18.0. The molecule has 0 aromatic heterocycles. The summed E-state index contributed by atoms with van der Waals surface area (Å²) < 4.78 is 5.13. The van der Waals surface area contributed by atoms with E-state index in [1.807, 2.05) is 0 Å². The highest BCUT2D eigenvalue weighted by atomic mass is 16.6. The molecule has 2 saturated carbocycles. The van der Waals surface area contributed by atoms with Gasteiger partial charge in [0.2, 0.25) is 0 Å². The van der Waals surface area contributed by atoms with Gasteiger partial charge in [-0.05, 0) is 50.4 Å². The van der Waals surface area contributed by atoms with Gasteiger partial charge in [-0.3, -0.25) is 9.59 Å². The molecule has 4 bridgehead atoms. The molecule has 4 rings (SSSR count). The first-order valence-corrected chi connectivity index (χ1v) is 8.46. The third kappa shape index (κ3) is 2.04. The van der Waals surface area contributed by atoms with Gasteiger partial charge in [0.15, 0.2) is 0 Å². The van der Waals surface area contributed by atoms with E-state index in [-0.39, 0.29) is 23.0 Å². The molecule has 0 heterocycles. The lowest BCUT2D eigenvalue weighted by atomic mass is 9.79. The average molecular weight is 346 g/mol. The molecule has 0 spiro atoms. The quantitative estimate of drug-likeness (QED) is 0.587. The molecule has 7 nitrogen and oxygen atoms in total. The summed E-state index contributed by atoms with van der Waals surface area (Å²) in [6.07, 6.45) is 5.93. The Balaban J connectivity index is 1.59. The Morgan fingerprint density at radius 2 is 1.24 bits per heavy atom. The van der Waals surface area contributed by atoms with Gasteiger partial charge in [-0.1, -0.05) is 12.2 Å². The smallest absolute Gasteiger partial charge is 0.332 e. The van der Waals surface area contributed by atoms with Crippen molar-refractivity contribution in [3.05, 3.63) is 23.3 Å². The van der Waals surface area contributed by atoms with Crippen LogP contribution in [0, 0.1) is 22.7 Å². The molecule has 2 N–H and O–H groups in total. The van der Waals surface area contributed by atoms with Crippen molar-refractivity contribution < 1.29 is 34.1 Å². The summed E-state index contributed by atoms with van der Waals surface area (Å²) >= 11 is 0. The van der Waals surface area contributed by atoms with Gasteiger partial charge in [-0.15, -0.1) is 0 Å². The van der Waals surface area contributed by atoms with Crippen molar-refractivity contribution in [3.63, 3.8) is 0 Å². The topological polar surface area (TPSA) is 118 Å². The number of esters is 2. The Morgan fingerprint density at radius 3 is 1.56 bits per heavy atom. The average Bonchev–Trinajstić information content (AvgIpc) is 3.32. The first kappa shape index (κ1) is 16.1. The van der Waals surface area contributed by atoms with E-state index in [0.717, 1.165) is 0 Å². The molecule has 4 unspecified atom stereocenters. The van der Waals surface area contributed by atoms with Crippen LogP contribution in [0.15, 0.2) is 23.3 Å². The van der Waals surface area contributed by atoms with Gasteiger partial charge >= 0.3 is 23.9 Å². The third-order valence-electron chi connectivity index (χ3n) is 6.37. The predicted octanol–water partition coefficient (Wildman–Crippen LogP) is 1.68. The van der Waals surface area contributed by atoms with Crippen molar-refractivity contribution in [2.75, 3.05) is 0 Å². The molecule has 7 heteroatoms. The Morgan fingerprint density at radius 1 is 0.840 bits per heavy atom. The molecule has 4 aliphatic rings. The zero-order valence-electron chi connectivity index (χ0n) is 13.5. The Hall–Kier alpha value is -2.44. The maximum absolute atomic E-state index is 12.7. The van der Waals surface area contributed by atoms with E-state index >= 15 is 0 Å². The van der Waals surface area contributed by atoms with Crippen LogP contribution in [0.5, 0.6) is 0 Å². The summed E-state index contributed by atoms with van der Waals surface area (Å²) in [7, 11) is 0. The van der Waals surface area contributed by atoms with Crippen molar-refractivity contribution >= 4 is 23.9 Å². The van der Waals surface area contributed by atoms with Crippen molar-refractivity contribution in [1.82, 2.24) is 0 Å². The minimum Gasteiger partial charge on any atom is -0.478 e. The number of hydrogen-bond donors (Lipinski definition) is 2. The maximum atomic E-state index is 12.7. The highest BCUT2D eigenvalue weighted by molar-refractivity contribution is 6.05. The van der Waals surface area contributed by atoms with Crippen LogP contribution in [-0.2, 0) is 23.9 Å². The lowest BCUT2D eigenvalue weighted by Gasteiger charge is -2.29. The fraction of sp³-hybridized carbons (Fsp3) is 0.556. The van der Waals surface area contributed by atoms with Gasteiger partial charge in [0.1, 0.15) is 10.8 Å². The minimum atomic E-state index is -1.27. The number of aliphatic carboxylic acids is 2. The monoisotopic (exact) mass is 346 g/mol. The number of ether oxygens (including phenoxy) is 1. The summed E-state index contributed by atoms with van der Waals surface area (Å²) in [6, 6.07) is 0. The second-order valence-corrected chi connectivity index (χ2v) is 7.62. The lowest BCUT2D eigenvalue weighted by Crippen LogP contribution is -2.41. The van der Waals surface area contributed by atoms with Crippen molar-refractivity contribution in [3.8, 4) is 0 Å². The molecular formula is C18H18O7. The normalized spacial score (nSPS) is 37.6. The van der Waals surface area contributed by atoms with Crippen LogP contribution in [0.4, 0.5) is 0 Å². The number of hydrogen-bond acceptors (Lipinski definition) is 5. The first-order chi connectivity index (χ1) is 11.8. The highest BCUT2D eigenvalue weighted by Crippen LogP contribution is 2.57. The largest absolute Gasteiger partial charge is 0.478 e. The summed E-state index contributed by atoms with van der Waals surface area (Å²) in [6.45, 7) is 0. The lowest BCUT2D eigenvalue weighted by molar-refractivity contribution is -0.172. The number of carboxylic acids is 2. The van der Waals surface area contributed by atoms with E-state index < -0.39 is 34.7 Å². The number of carbonyl (C=O) groups is 4. The van der Waals surface area contributed by atoms with Crippen LogP contribution in [0.3, 0.4) is 0 Å². The van der Waals surface area contributed by atoms with E-state index in [1.165, 1.54) is 0 Å². The van der Waals surface area contributed by atoms with Crippen molar-refractivity contribution in [2.24, 2.45) is 22.7 Å². The summed E-state index contributed by atoms with van der Waals surface area (Å²) in [5.41, 5.74) is -2.54. The highest BCUT2D eigenvalue weighted by Gasteiger charge is 2.60. The maximum Gasteiger partial charge on any atom is 0.332 e. The SMILES string of the molecule is O=C(O)C1=CC2CCC1(C(=O)OC(=O)C13CCC(C=C1C(=O)O)C3)C2. The fourth-order valence-electron chi connectivity index (χ4n) is 5.15. The predicted molar refractivity (Wildman–Crippen MR) is 82.1 cm³/mol. The van der Waals surface area contributed by atoms with Crippen LogP contribution in [-0.4, -0.2) is 34.1 Å². The molecule has 25 heavy (non-hydrogen) atoms. The zero-order valence-corrected chi connectivity index (χ0v) is 13.5. The molecule has 4 aliphatic carbocycles. The van der Waals surface area contributed by atoms with Crippen LogP contribution < -0.4 is 0 Å². The van der Waals surface area contributed by atoms with Gasteiger partial charge in [-0.25, -0.2) is 9.59 Å². The second kappa shape index (κ2) is 5.03. The van der Waals surface area contributed by atoms with Gasteiger partial charge in [0, 0.05) is 0 Å². The molecule has 0 saturated heterocycles. The fourth-order valence-corrected chi connectivity index (χ4v) is 5.15. The van der Waals surface area contributed by atoms with Gasteiger partial charge in [0.25, 0.3) is 0 Å². The number of fused-ring (bicyclic) bond motifs is 4. The van der Waals surface area contributed by atoms with Crippen LogP contribution in [0.1, 0.15) is 38.5 Å². The van der Waals surface area contributed by atoms with Gasteiger partial charge < -0.3 is 14.9 Å². The standard InChI is InChI=1S/C18H18O7/c19-13(20)11-5-9-1-3-17(11,7-9)15(23)25-16(24)18-4-2-10(8-18)6-12(18)14(21)22/h5-6,9-10H,1-4,7-8H2,(H,19,20)(H,21,22). The molecule has 132 valence electrons. The number of carbonyl (C=O) groups excluding carboxylic acids is 2. The molecule has 4 atom stereocenters. The summed E-state index contributed by atoms with van der Waals surface area (Å²) in [4.78, 5) is 48.4. The van der Waals surface area contributed by atoms with E-state index in [0.29, 0.717) is 38.5 Å². The molecular weight excluding hydrogens is 328 g/mol. The first-order valence-electron chi connectivity index (χ1n) is 8.46. The van der Waals surface area contributed by atoms with Crippen LogP contribution in [0.2, 0.25) is 0 Å². The van der Waals surface area contributed by atoms with Crippen LogP contribution in [0.25, 0.3) is 0 Å². The second-order valence-electron chi connectivity index (χ2n) is 7.62. The number of allylic oxidation sites excluding steroid dienone is 2. The van der Waals surface area contributed by atoms with E-state index in [1.54, 1.807) is 12.2 Å². The number of rotatable bonds is 4. The molecule has 0 radical (unpaired) electrons. The van der Waals surface area contributed by atoms with Crippen molar-refractivity contribution in [2.45, 2.75) is 38.5 Å². The number of carboxylic acid groups (broad SMARTS) is 2. The van der Waals surface area contributed by atoms with E-state index in [4.69, 9.17) is 4.74 Å². The van der Waals surface area contributed by atoms with Gasteiger partial charge in [0.05, 0.1) is 11.1 Å². The summed E-state index contributed by atoms with van der Waals surface area (Å²) in [5.74, 6) is -4.00. The van der Waals surface area contributed by atoms with Gasteiger partial charge in [-0.2, -0.15) is 0 Å². The third-order valence-corrected chi connectivity index (χ3v) is 6.37. The Bertz CT molecular complexity index is 712. The molecule has 0 aromatic carbocycles. The molecule has 0 aromatic rings. The van der Waals surface area contributed by atoms with Crippen molar-refractivity contribution in [1.29, 1.82) is 0 Å². The van der Waals surface area contributed by atoms with E-state index in [2.05, 4.69) is 0 Å². The molecule has 0 aliphatic heterocycles. The molecule has 2 fully saturated rings. The molecule has 0 amide bonds. The van der Waals surface area contributed by atoms with E-state index in [9.17, 15) is 29.4 Å².